The summed E-state index contributed by atoms with van der Waals surface area (Å²) in [6, 6.07) is 5.23. The van der Waals surface area contributed by atoms with Crippen LogP contribution in [0.1, 0.15) is 12.8 Å². The summed E-state index contributed by atoms with van der Waals surface area (Å²) >= 11 is 0. The molecule has 0 spiro atoms. The number of halogens is 2. The van der Waals surface area contributed by atoms with Gasteiger partial charge in [0.25, 0.3) is 0 Å². The van der Waals surface area contributed by atoms with Gasteiger partial charge in [0, 0.05) is 6.54 Å². The molecule has 6 nitrogen and oxygen atoms in total. The Morgan fingerprint density at radius 2 is 1.88 bits per heavy atom. The molecule has 2 heterocycles. The SMILES string of the molecule is O=S(=O)(c1ccccc1F)N1CCCC(Oc2ncc(F)cn2)C1. The highest BCUT2D eigenvalue weighted by Gasteiger charge is 2.33. The molecule has 0 amide bonds. The van der Waals surface area contributed by atoms with Crippen molar-refractivity contribution in [3.8, 4) is 6.01 Å². The van der Waals surface area contributed by atoms with Crippen molar-refractivity contribution in [2.24, 2.45) is 0 Å². The van der Waals surface area contributed by atoms with Crippen LogP contribution in [-0.4, -0.2) is 41.9 Å². The van der Waals surface area contributed by atoms with Crippen LogP contribution in [0.4, 0.5) is 8.78 Å². The van der Waals surface area contributed by atoms with Crippen LogP contribution in [0.2, 0.25) is 0 Å². The average Bonchev–Trinajstić information content (AvgIpc) is 2.57. The molecule has 9 heteroatoms. The topological polar surface area (TPSA) is 72.4 Å². The second kappa shape index (κ2) is 6.78. The van der Waals surface area contributed by atoms with E-state index in [0.29, 0.717) is 12.8 Å². The lowest BCUT2D eigenvalue weighted by molar-refractivity contribution is 0.118. The number of benzene rings is 1. The maximum Gasteiger partial charge on any atom is 0.316 e. The van der Waals surface area contributed by atoms with Gasteiger partial charge in [-0.2, -0.15) is 4.31 Å². The molecule has 128 valence electrons. The minimum Gasteiger partial charge on any atom is -0.459 e. The van der Waals surface area contributed by atoms with Crippen molar-refractivity contribution in [1.82, 2.24) is 14.3 Å². The minimum absolute atomic E-state index is 0.0217. The molecule has 1 aromatic carbocycles. The number of sulfonamides is 1. The highest BCUT2D eigenvalue weighted by atomic mass is 32.2. The van der Waals surface area contributed by atoms with E-state index in [2.05, 4.69) is 9.97 Å². The first kappa shape index (κ1) is 16.7. The molecule has 0 saturated carbocycles. The van der Waals surface area contributed by atoms with Crippen molar-refractivity contribution < 1.29 is 21.9 Å². The van der Waals surface area contributed by atoms with Crippen molar-refractivity contribution in [1.29, 1.82) is 0 Å². The molecule has 2 aromatic rings. The van der Waals surface area contributed by atoms with Crippen LogP contribution in [0.5, 0.6) is 6.01 Å². The van der Waals surface area contributed by atoms with Crippen LogP contribution in [0.25, 0.3) is 0 Å². The van der Waals surface area contributed by atoms with Gasteiger partial charge in [0.2, 0.25) is 10.0 Å². The molecule has 1 fully saturated rings. The molecule has 0 N–H and O–H groups in total. The summed E-state index contributed by atoms with van der Waals surface area (Å²) in [6.45, 7) is 0.332. The number of hydrogen-bond donors (Lipinski definition) is 0. The number of piperidine rings is 1. The van der Waals surface area contributed by atoms with Crippen molar-refractivity contribution in [2.75, 3.05) is 13.1 Å². The summed E-state index contributed by atoms with van der Waals surface area (Å²) < 4.78 is 58.5. The lowest BCUT2D eigenvalue weighted by Gasteiger charge is -2.31. The first-order chi connectivity index (χ1) is 11.5. The third-order valence-corrected chi connectivity index (χ3v) is 5.56. The van der Waals surface area contributed by atoms with Crippen LogP contribution in [0.3, 0.4) is 0 Å². The fourth-order valence-corrected chi connectivity index (χ4v) is 4.10. The monoisotopic (exact) mass is 355 g/mol. The Kier molecular flexibility index (Phi) is 4.72. The zero-order valence-corrected chi connectivity index (χ0v) is 13.4. The third-order valence-electron chi connectivity index (χ3n) is 3.66. The Morgan fingerprint density at radius 3 is 2.58 bits per heavy atom. The first-order valence-corrected chi connectivity index (χ1v) is 8.80. The van der Waals surface area contributed by atoms with Crippen LogP contribution in [0.15, 0.2) is 41.6 Å². The quantitative estimate of drug-likeness (QED) is 0.839. The van der Waals surface area contributed by atoms with Gasteiger partial charge >= 0.3 is 6.01 Å². The van der Waals surface area contributed by atoms with Gasteiger partial charge < -0.3 is 4.74 Å². The maximum atomic E-state index is 13.8. The largest absolute Gasteiger partial charge is 0.459 e. The van der Waals surface area contributed by atoms with E-state index in [1.54, 1.807) is 0 Å². The standard InChI is InChI=1S/C15H15F2N3O3S/c16-11-8-18-15(19-9-11)23-12-4-3-7-20(10-12)24(21,22)14-6-2-1-5-13(14)17/h1-2,5-6,8-9,12H,3-4,7,10H2. The van der Waals surface area contributed by atoms with E-state index < -0.39 is 27.8 Å². The second-order valence-electron chi connectivity index (χ2n) is 5.36. The summed E-state index contributed by atoms with van der Waals surface area (Å²) in [5, 5.41) is 0. The van der Waals surface area contributed by atoms with Gasteiger partial charge in [-0.25, -0.2) is 27.2 Å². The van der Waals surface area contributed by atoms with Crippen molar-refractivity contribution in [3.05, 3.63) is 48.3 Å². The molecule has 0 radical (unpaired) electrons. The van der Waals surface area contributed by atoms with Gasteiger partial charge in [0.15, 0.2) is 5.82 Å². The molecular weight excluding hydrogens is 340 g/mol. The summed E-state index contributed by atoms with van der Waals surface area (Å²) in [7, 11) is -3.95. The average molecular weight is 355 g/mol. The van der Waals surface area contributed by atoms with Gasteiger partial charge in [0.1, 0.15) is 16.8 Å². The minimum atomic E-state index is -3.95. The lowest BCUT2D eigenvalue weighted by Crippen LogP contribution is -2.44. The van der Waals surface area contributed by atoms with Gasteiger partial charge in [-0.1, -0.05) is 12.1 Å². The summed E-state index contributed by atoms with van der Waals surface area (Å²) in [5.74, 6) is -1.38. The number of aromatic nitrogens is 2. The van der Waals surface area contributed by atoms with Gasteiger partial charge in [-0.3, -0.25) is 0 Å². The number of hydrogen-bond acceptors (Lipinski definition) is 5. The smallest absolute Gasteiger partial charge is 0.316 e. The molecule has 1 unspecified atom stereocenters. The Morgan fingerprint density at radius 1 is 1.17 bits per heavy atom. The van der Waals surface area contributed by atoms with Crippen LogP contribution in [0, 0.1) is 11.6 Å². The Bertz CT molecular complexity index is 815. The number of rotatable bonds is 4. The third kappa shape index (κ3) is 3.51. The highest BCUT2D eigenvalue weighted by molar-refractivity contribution is 7.89. The van der Waals surface area contributed by atoms with E-state index in [0.717, 1.165) is 18.5 Å². The van der Waals surface area contributed by atoms with Crippen LogP contribution >= 0.6 is 0 Å². The van der Waals surface area contributed by atoms with Gasteiger partial charge in [-0.15, -0.1) is 0 Å². The first-order valence-electron chi connectivity index (χ1n) is 7.36. The van der Waals surface area contributed by atoms with Gasteiger partial charge in [-0.05, 0) is 25.0 Å². The Balaban J connectivity index is 1.75. The zero-order chi connectivity index (χ0) is 17.2. The predicted octanol–water partition coefficient (Wildman–Crippen LogP) is 1.99. The van der Waals surface area contributed by atoms with E-state index in [4.69, 9.17) is 4.74 Å². The molecule has 1 aliphatic heterocycles. The summed E-state index contributed by atoms with van der Waals surface area (Å²) in [5.41, 5.74) is 0. The van der Waals surface area contributed by atoms with E-state index in [9.17, 15) is 17.2 Å². The molecule has 3 rings (SSSR count). The molecule has 0 bridgehead atoms. The zero-order valence-electron chi connectivity index (χ0n) is 12.6. The Hall–Kier alpha value is -2.13. The van der Waals surface area contributed by atoms with Crippen LogP contribution < -0.4 is 4.74 Å². The summed E-state index contributed by atoms with van der Waals surface area (Å²) in [4.78, 5) is 7.03. The molecule has 24 heavy (non-hydrogen) atoms. The number of nitrogens with zero attached hydrogens (tertiary/aromatic N) is 3. The normalized spacial score (nSPS) is 19.2. The van der Waals surface area contributed by atoms with Crippen molar-refractivity contribution in [2.45, 2.75) is 23.8 Å². The fraction of sp³-hybridized carbons (Fsp3) is 0.333. The molecule has 1 aromatic heterocycles. The van der Waals surface area contributed by atoms with Crippen molar-refractivity contribution in [3.63, 3.8) is 0 Å². The lowest BCUT2D eigenvalue weighted by atomic mass is 10.1. The molecule has 1 saturated heterocycles. The van der Waals surface area contributed by atoms with Crippen LogP contribution in [-0.2, 0) is 10.0 Å². The second-order valence-corrected chi connectivity index (χ2v) is 7.27. The van der Waals surface area contributed by atoms with Crippen molar-refractivity contribution >= 4 is 10.0 Å². The molecule has 0 aliphatic carbocycles. The predicted molar refractivity (Wildman–Crippen MR) is 80.8 cm³/mol. The molecule has 1 atom stereocenters. The van der Waals surface area contributed by atoms with E-state index in [1.165, 1.54) is 22.5 Å². The number of ether oxygens (including phenoxy) is 1. The summed E-state index contributed by atoms with van der Waals surface area (Å²) in [6.07, 6.45) is 2.62. The fourth-order valence-electron chi connectivity index (χ4n) is 2.52. The Labute approximate surface area is 138 Å². The molecular formula is C15H15F2N3O3S. The van der Waals surface area contributed by atoms with E-state index in [1.807, 2.05) is 0 Å². The molecule has 1 aliphatic rings. The highest BCUT2D eigenvalue weighted by Crippen LogP contribution is 2.24. The van der Waals surface area contributed by atoms with E-state index in [-0.39, 0.29) is 24.0 Å². The maximum absolute atomic E-state index is 13.8. The van der Waals surface area contributed by atoms with Gasteiger partial charge in [0.05, 0.1) is 18.9 Å². The van der Waals surface area contributed by atoms with E-state index >= 15 is 0 Å².